The summed E-state index contributed by atoms with van der Waals surface area (Å²) in [5, 5.41) is 10.5. The number of anilines is 1. The van der Waals surface area contributed by atoms with Crippen LogP contribution < -0.4 is 10.8 Å². The summed E-state index contributed by atoms with van der Waals surface area (Å²) in [6.07, 6.45) is 0.908. The molecular formula is C10H12N2O3. The number of nitrogens with one attached hydrogen (secondary N) is 2. The molecule has 0 fully saturated rings. The Morgan fingerprint density at radius 2 is 1.80 bits per heavy atom. The molecule has 0 heterocycles. The summed E-state index contributed by atoms with van der Waals surface area (Å²) in [6, 6.07) is 7.10. The average Bonchev–Trinajstić information content (AvgIpc) is 2.29. The van der Waals surface area contributed by atoms with Crippen molar-refractivity contribution in [2.24, 2.45) is 0 Å². The van der Waals surface area contributed by atoms with E-state index in [0.29, 0.717) is 5.69 Å². The lowest BCUT2D eigenvalue weighted by Crippen LogP contribution is -2.33. The van der Waals surface area contributed by atoms with E-state index in [0.717, 1.165) is 12.0 Å². The highest BCUT2D eigenvalue weighted by Gasteiger charge is 2.11. The Morgan fingerprint density at radius 3 is 2.27 bits per heavy atom. The van der Waals surface area contributed by atoms with E-state index in [-0.39, 0.29) is 0 Å². The zero-order chi connectivity index (χ0) is 11.3. The number of benzene rings is 1. The lowest BCUT2D eigenvalue weighted by molar-refractivity contribution is -0.141. The maximum absolute atomic E-state index is 11.0. The highest BCUT2D eigenvalue weighted by molar-refractivity contribution is 6.39. The van der Waals surface area contributed by atoms with Gasteiger partial charge in [-0.1, -0.05) is 19.1 Å². The molecule has 15 heavy (non-hydrogen) atoms. The van der Waals surface area contributed by atoms with Crippen molar-refractivity contribution in [2.45, 2.75) is 13.3 Å². The van der Waals surface area contributed by atoms with E-state index in [4.69, 9.17) is 5.21 Å². The molecule has 0 radical (unpaired) electrons. The van der Waals surface area contributed by atoms with Gasteiger partial charge in [0, 0.05) is 5.69 Å². The fourth-order valence-corrected chi connectivity index (χ4v) is 1.06. The molecule has 0 atom stereocenters. The van der Waals surface area contributed by atoms with Crippen LogP contribution in [0, 0.1) is 0 Å². The van der Waals surface area contributed by atoms with Gasteiger partial charge >= 0.3 is 11.8 Å². The quantitative estimate of drug-likeness (QED) is 0.380. The first-order valence-corrected chi connectivity index (χ1v) is 4.51. The van der Waals surface area contributed by atoms with Crippen LogP contribution in [0.25, 0.3) is 0 Å². The second-order valence-corrected chi connectivity index (χ2v) is 2.95. The third-order valence-corrected chi connectivity index (χ3v) is 1.93. The first-order valence-electron chi connectivity index (χ1n) is 4.51. The van der Waals surface area contributed by atoms with Gasteiger partial charge in [-0.25, -0.2) is 5.48 Å². The Balaban J connectivity index is 2.65. The molecule has 1 aromatic carbocycles. The summed E-state index contributed by atoms with van der Waals surface area (Å²) in [5.41, 5.74) is 2.91. The van der Waals surface area contributed by atoms with E-state index in [9.17, 15) is 9.59 Å². The molecule has 0 aliphatic heterocycles. The van der Waals surface area contributed by atoms with Gasteiger partial charge in [0.05, 0.1) is 0 Å². The number of carbonyl (C=O) groups excluding carboxylic acids is 2. The number of rotatable bonds is 2. The molecule has 0 aromatic heterocycles. The molecule has 3 N–H and O–H groups in total. The van der Waals surface area contributed by atoms with Crippen LogP contribution in [0.2, 0.25) is 0 Å². The van der Waals surface area contributed by atoms with Gasteiger partial charge in [-0.3, -0.25) is 14.8 Å². The molecule has 1 aromatic rings. The van der Waals surface area contributed by atoms with Crippen LogP contribution in [0.15, 0.2) is 24.3 Å². The third kappa shape index (κ3) is 3.07. The van der Waals surface area contributed by atoms with Crippen molar-refractivity contribution in [2.75, 3.05) is 5.32 Å². The summed E-state index contributed by atoms with van der Waals surface area (Å²) in [4.78, 5) is 21.7. The van der Waals surface area contributed by atoms with Gasteiger partial charge in [0.15, 0.2) is 0 Å². The molecule has 0 saturated heterocycles. The number of hydroxylamine groups is 1. The smallest absolute Gasteiger partial charge is 0.318 e. The van der Waals surface area contributed by atoms with Gasteiger partial charge in [-0.15, -0.1) is 0 Å². The Morgan fingerprint density at radius 1 is 1.20 bits per heavy atom. The molecule has 2 amide bonds. The van der Waals surface area contributed by atoms with Crippen molar-refractivity contribution in [1.82, 2.24) is 5.48 Å². The maximum atomic E-state index is 11.0. The van der Waals surface area contributed by atoms with Crippen LogP contribution >= 0.6 is 0 Å². The van der Waals surface area contributed by atoms with Crippen molar-refractivity contribution in [3.05, 3.63) is 29.8 Å². The molecule has 80 valence electrons. The van der Waals surface area contributed by atoms with Crippen LogP contribution in [0.4, 0.5) is 5.69 Å². The molecule has 1 rings (SSSR count). The molecule has 0 aliphatic carbocycles. The Bertz CT molecular complexity index is 359. The second-order valence-electron chi connectivity index (χ2n) is 2.95. The minimum absolute atomic E-state index is 0.515. The van der Waals surface area contributed by atoms with Crippen LogP contribution in [-0.4, -0.2) is 17.0 Å². The van der Waals surface area contributed by atoms with Crippen molar-refractivity contribution >= 4 is 17.5 Å². The Hall–Kier alpha value is -1.88. The van der Waals surface area contributed by atoms with Gasteiger partial charge in [0.25, 0.3) is 0 Å². The Labute approximate surface area is 87.1 Å². The summed E-state index contributed by atoms with van der Waals surface area (Å²) in [6.45, 7) is 2.02. The minimum Gasteiger partial charge on any atom is -0.318 e. The van der Waals surface area contributed by atoms with E-state index < -0.39 is 11.8 Å². The van der Waals surface area contributed by atoms with E-state index in [2.05, 4.69) is 5.32 Å². The van der Waals surface area contributed by atoms with E-state index >= 15 is 0 Å². The zero-order valence-electron chi connectivity index (χ0n) is 8.28. The summed E-state index contributed by atoms with van der Waals surface area (Å²) in [7, 11) is 0. The van der Waals surface area contributed by atoms with E-state index in [1.54, 1.807) is 12.1 Å². The van der Waals surface area contributed by atoms with Gasteiger partial charge in [0.1, 0.15) is 0 Å². The van der Waals surface area contributed by atoms with Gasteiger partial charge in [-0.2, -0.15) is 0 Å². The molecule has 0 unspecified atom stereocenters. The van der Waals surface area contributed by atoms with Crippen molar-refractivity contribution in [1.29, 1.82) is 0 Å². The van der Waals surface area contributed by atoms with Gasteiger partial charge in [0.2, 0.25) is 0 Å². The fourth-order valence-electron chi connectivity index (χ4n) is 1.06. The first kappa shape index (κ1) is 11.2. The predicted octanol–water partition coefficient (Wildman–Crippen LogP) is 0.693. The molecule has 0 bridgehead atoms. The Kier molecular flexibility index (Phi) is 3.82. The highest BCUT2D eigenvalue weighted by atomic mass is 16.5. The summed E-state index contributed by atoms with van der Waals surface area (Å²) < 4.78 is 0. The maximum Gasteiger partial charge on any atom is 0.332 e. The number of aryl methyl sites for hydroxylation is 1. The minimum atomic E-state index is -1.09. The predicted molar refractivity (Wildman–Crippen MR) is 54.4 cm³/mol. The topological polar surface area (TPSA) is 78.4 Å². The van der Waals surface area contributed by atoms with Crippen molar-refractivity contribution in [3.8, 4) is 0 Å². The SMILES string of the molecule is CCc1ccc(NC(=O)C(=O)NO)cc1. The molecule has 5 heteroatoms. The van der Waals surface area contributed by atoms with Crippen LogP contribution in [0.3, 0.4) is 0 Å². The zero-order valence-corrected chi connectivity index (χ0v) is 8.28. The first-order chi connectivity index (χ1) is 7.17. The lowest BCUT2D eigenvalue weighted by atomic mass is 10.1. The number of hydrogen-bond acceptors (Lipinski definition) is 3. The summed E-state index contributed by atoms with van der Waals surface area (Å²) >= 11 is 0. The molecule has 0 aliphatic rings. The number of carbonyl (C=O) groups is 2. The number of amides is 2. The van der Waals surface area contributed by atoms with E-state index in [1.807, 2.05) is 19.1 Å². The molecule has 0 saturated carbocycles. The lowest BCUT2D eigenvalue weighted by Gasteiger charge is -2.04. The second kappa shape index (κ2) is 5.11. The number of hydrogen-bond donors (Lipinski definition) is 3. The van der Waals surface area contributed by atoms with Crippen LogP contribution in [-0.2, 0) is 16.0 Å². The standard InChI is InChI=1S/C10H12N2O3/c1-2-7-3-5-8(6-4-7)11-9(13)10(14)12-15/h3-6,15H,2H2,1H3,(H,11,13)(H,12,14). The molecule has 0 spiro atoms. The van der Waals surface area contributed by atoms with Crippen molar-refractivity contribution in [3.63, 3.8) is 0 Å². The van der Waals surface area contributed by atoms with E-state index in [1.165, 1.54) is 5.48 Å². The van der Waals surface area contributed by atoms with Crippen LogP contribution in [0.1, 0.15) is 12.5 Å². The molecular weight excluding hydrogens is 196 g/mol. The normalized spacial score (nSPS) is 9.47. The largest absolute Gasteiger partial charge is 0.332 e. The summed E-state index contributed by atoms with van der Waals surface area (Å²) in [5.74, 6) is -1.99. The highest BCUT2D eigenvalue weighted by Crippen LogP contribution is 2.09. The third-order valence-electron chi connectivity index (χ3n) is 1.93. The average molecular weight is 208 g/mol. The molecule has 5 nitrogen and oxygen atoms in total. The van der Waals surface area contributed by atoms with Crippen molar-refractivity contribution < 1.29 is 14.8 Å². The van der Waals surface area contributed by atoms with Gasteiger partial charge < -0.3 is 5.32 Å². The van der Waals surface area contributed by atoms with Gasteiger partial charge in [-0.05, 0) is 24.1 Å². The van der Waals surface area contributed by atoms with Crippen LogP contribution in [0.5, 0.6) is 0 Å². The monoisotopic (exact) mass is 208 g/mol. The fraction of sp³-hybridized carbons (Fsp3) is 0.200.